The van der Waals surface area contributed by atoms with Crippen molar-refractivity contribution in [1.82, 2.24) is 0 Å². The van der Waals surface area contributed by atoms with Gasteiger partial charge in [-0.2, -0.15) is 0 Å². The standard InChI is InChI=1S/C27H21FO5S/c1-16-14-18(28)7-11-21(16)25(30)27-26(22-12-10-20(31-2)15-23(22)34-27)33-19-8-4-17(5-9-19)6-13-24(29)32-3/h4-15H,1-3H3/b13-6+. The van der Waals surface area contributed by atoms with Crippen LogP contribution in [0.4, 0.5) is 4.39 Å². The molecule has 4 aromatic rings. The van der Waals surface area contributed by atoms with Gasteiger partial charge in [-0.1, -0.05) is 12.1 Å². The molecule has 0 fully saturated rings. The quantitative estimate of drug-likeness (QED) is 0.172. The van der Waals surface area contributed by atoms with Crippen LogP contribution < -0.4 is 9.47 Å². The van der Waals surface area contributed by atoms with Crippen LogP contribution in [0.1, 0.15) is 26.4 Å². The van der Waals surface area contributed by atoms with E-state index in [1.807, 2.05) is 12.1 Å². The summed E-state index contributed by atoms with van der Waals surface area (Å²) in [5, 5.41) is 0.767. The lowest BCUT2D eigenvalue weighted by molar-refractivity contribution is -0.134. The van der Waals surface area contributed by atoms with Gasteiger partial charge in [-0.15, -0.1) is 11.3 Å². The molecule has 1 heterocycles. The van der Waals surface area contributed by atoms with E-state index in [9.17, 15) is 14.0 Å². The summed E-state index contributed by atoms with van der Waals surface area (Å²) in [5.74, 6) is 0.529. The van der Waals surface area contributed by atoms with E-state index >= 15 is 0 Å². The van der Waals surface area contributed by atoms with Gasteiger partial charge < -0.3 is 14.2 Å². The molecule has 0 aliphatic carbocycles. The van der Waals surface area contributed by atoms with Crippen molar-refractivity contribution in [1.29, 1.82) is 0 Å². The van der Waals surface area contributed by atoms with Crippen molar-refractivity contribution in [2.45, 2.75) is 6.92 Å². The van der Waals surface area contributed by atoms with E-state index in [4.69, 9.17) is 9.47 Å². The van der Waals surface area contributed by atoms with E-state index in [0.717, 1.165) is 15.6 Å². The number of halogens is 1. The number of aryl methyl sites for hydroxylation is 1. The molecule has 0 saturated carbocycles. The van der Waals surface area contributed by atoms with Crippen molar-refractivity contribution in [3.8, 4) is 17.2 Å². The van der Waals surface area contributed by atoms with Gasteiger partial charge in [0.1, 0.15) is 22.2 Å². The average molecular weight is 477 g/mol. The molecular formula is C27H21FO5S. The Bertz CT molecular complexity index is 1400. The average Bonchev–Trinajstić information content (AvgIpc) is 3.20. The highest BCUT2D eigenvalue weighted by molar-refractivity contribution is 7.21. The van der Waals surface area contributed by atoms with Crippen LogP contribution in [-0.4, -0.2) is 26.0 Å². The Kier molecular flexibility index (Phi) is 6.75. The molecule has 0 aliphatic heterocycles. The topological polar surface area (TPSA) is 61.8 Å². The Morgan fingerprint density at radius 2 is 1.68 bits per heavy atom. The highest BCUT2D eigenvalue weighted by Crippen LogP contribution is 2.43. The number of ketones is 1. The number of benzene rings is 3. The van der Waals surface area contributed by atoms with Gasteiger partial charge >= 0.3 is 5.97 Å². The molecule has 34 heavy (non-hydrogen) atoms. The minimum atomic E-state index is -0.445. The van der Waals surface area contributed by atoms with Gasteiger partial charge in [0.25, 0.3) is 0 Å². The third kappa shape index (κ3) is 4.84. The van der Waals surface area contributed by atoms with Gasteiger partial charge in [0, 0.05) is 21.7 Å². The lowest BCUT2D eigenvalue weighted by Crippen LogP contribution is -2.03. The van der Waals surface area contributed by atoms with Crippen LogP contribution in [0.2, 0.25) is 0 Å². The fraction of sp³-hybridized carbons (Fsp3) is 0.111. The Balaban J connectivity index is 1.74. The van der Waals surface area contributed by atoms with Crippen molar-refractivity contribution in [3.63, 3.8) is 0 Å². The molecule has 0 radical (unpaired) electrons. The third-order valence-electron chi connectivity index (χ3n) is 5.20. The van der Waals surface area contributed by atoms with Gasteiger partial charge in [-0.25, -0.2) is 9.18 Å². The summed E-state index contributed by atoms with van der Waals surface area (Å²) in [7, 11) is 2.90. The third-order valence-corrected chi connectivity index (χ3v) is 6.34. The normalized spacial score (nSPS) is 11.1. The number of carbonyl (C=O) groups excluding carboxylic acids is 2. The Morgan fingerprint density at radius 1 is 0.941 bits per heavy atom. The lowest BCUT2D eigenvalue weighted by Gasteiger charge is -2.09. The van der Waals surface area contributed by atoms with Crippen molar-refractivity contribution in [2.75, 3.05) is 14.2 Å². The van der Waals surface area contributed by atoms with E-state index in [-0.39, 0.29) is 5.78 Å². The fourth-order valence-electron chi connectivity index (χ4n) is 3.43. The first-order valence-corrected chi connectivity index (χ1v) is 11.2. The summed E-state index contributed by atoms with van der Waals surface area (Å²) in [4.78, 5) is 25.2. The molecule has 0 unspecified atom stereocenters. The molecule has 1 aromatic heterocycles. The molecule has 3 aromatic carbocycles. The molecule has 5 nitrogen and oxygen atoms in total. The molecule has 0 bridgehead atoms. The predicted molar refractivity (Wildman–Crippen MR) is 131 cm³/mol. The maximum Gasteiger partial charge on any atom is 0.330 e. The number of thiophene rings is 1. The number of hydrogen-bond acceptors (Lipinski definition) is 6. The largest absolute Gasteiger partial charge is 0.497 e. The van der Waals surface area contributed by atoms with Crippen LogP contribution in [0.25, 0.3) is 16.2 Å². The zero-order chi connectivity index (χ0) is 24.2. The van der Waals surface area contributed by atoms with Gasteiger partial charge in [0.15, 0.2) is 5.75 Å². The van der Waals surface area contributed by atoms with E-state index < -0.39 is 11.8 Å². The molecule has 0 atom stereocenters. The molecule has 0 aliphatic rings. The van der Waals surface area contributed by atoms with Crippen LogP contribution in [-0.2, 0) is 9.53 Å². The molecule has 0 amide bonds. The van der Waals surface area contributed by atoms with E-state index in [1.165, 1.54) is 42.7 Å². The number of ether oxygens (including phenoxy) is 3. The predicted octanol–water partition coefficient (Wildman–Crippen LogP) is 6.57. The van der Waals surface area contributed by atoms with Crippen LogP contribution in [0.5, 0.6) is 17.2 Å². The van der Waals surface area contributed by atoms with Crippen molar-refractivity contribution in [2.24, 2.45) is 0 Å². The molecule has 172 valence electrons. The summed E-state index contributed by atoms with van der Waals surface area (Å²) in [5.41, 5.74) is 1.75. The second-order valence-corrected chi connectivity index (χ2v) is 8.49. The zero-order valence-electron chi connectivity index (χ0n) is 18.8. The molecule has 0 N–H and O–H groups in total. The molecular weight excluding hydrogens is 455 g/mol. The maximum absolute atomic E-state index is 13.6. The van der Waals surface area contributed by atoms with Crippen molar-refractivity contribution >= 4 is 39.3 Å². The number of fused-ring (bicyclic) bond motifs is 1. The first-order valence-electron chi connectivity index (χ1n) is 10.3. The Morgan fingerprint density at radius 3 is 2.35 bits per heavy atom. The smallest absolute Gasteiger partial charge is 0.330 e. The van der Waals surface area contributed by atoms with Crippen LogP contribution >= 0.6 is 11.3 Å². The summed E-state index contributed by atoms with van der Waals surface area (Å²) in [6.45, 7) is 1.70. The van der Waals surface area contributed by atoms with E-state index in [1.54, 1.807) is 50.4 Å². The second-order valence-electron chi connectivity index (χ2n) is 7.44. The number of rotatable bonds is 7. The SMILES string of the molecule is COC(=O)/C=C/c1ccc(Oc2c(C(=O)c3ccc(F)cc3C)sc3cc(OC)ccc23)cc1. The highest BCUT2D eigenvalue weighted by Gasteiger charge is 2.23. The van der Waals surface area contributed by atoms with Crippen LogP contribution in [0.3, 0.4) is 0 Å². The summed E-state index contributed by atoms with van der Waals surface area (Å²) in [6, 6.07) is 16.7. The number of carbonyl (C=O) groups is 2. The van der Waals surface area contributed by atoms with Crippen LogP contribution in [0.15, 0.2) is 66.7 Å². The Hall–Kier alpha value is -3.97. The van der Waals surface area contributed by atoms with Gasteiger partial charge in [-0.3, -0.25) is 4.79 Å². The first-order chi connectivity index (χ1) is 16.4. The monoisotopic (exact) mass is 476 g/mol. The van der Waals surface area contributed by atoms with Gasteiger partial charge in [0.2, 0.25) is 5.78 Å². The minimum Gasteiger partial charge on any atom is -0.497 e. The molecule has 4 rings (SSSR count). The van der Waals surface area contributed by atoms with Crippen molar-refractivity contribution < 1.29 is 28.2 Å². The Labute approximate surface area is 200 Å². The van der Waals surface area contributed by atoms with Crippen LogP contribution in [0, 0.1) is 12.7 Å². The zero-order valence-corrected chi connectivity index (χ0v) is 19.6. The fourth-order valence-corrected chi connectivity index (χ4v) is 4.55. The summed E-state index contributed by atoms with van der Waals surface area (Å²) in [6.07, 6.45) is 2.96. The van der Waals surface area contributed by atoms with Gasteiger partial charge in [0.05, 0.1) is 14.2 Å². The van der Waals surface area contributed by atoms with Gasteiger partial charge in [-0.05, 0) is 72.7 Å². The summed E-state index contributed by atoms with van der Waals surface area (Å²) < 4.78 is 30.6. The second kappa shape index (κ2) is 9.89. The minimum absolute atomic E-state index is 0.245. The lowest BCUT2D eigenvalue weighted by atomic mass is 10.0. The van der Waals surface area contributed by atoms with Crippen molar-refractivity contribution in [3.05, 3.63) is 94.1 Å². The molecule has 7 heteroatoms. The number of esters is 1. The molecule has 0 saturated heterocycles. The number of methoxy groups -OCH3 is 2. The highest BCUT2D eigenvalue weighted by atomic mass is 32.1. The number of hydrogen-bond donors (Lipinski definition) is 0. The summed E-state index contributed by atoms with van der Waals surface area (Å²) >= 11 is 1.29. The van der Waals surface area contributed by atoms with E-state index in [2.05, 4.69) is 4.74 Å². The maximum atomic E-state index is 13.6. The first kappa shape index (κ1) is 23.2. The van der Waals surface area contributed by atoms with E-state index in [0.29, 0.717) is 33.3 Å². The molecule has 0 spiro atoms.